The van der Waals surface area contributed by atoms with Crippen molar-refractivity contribution in [3.8, 4) is 0 Å². The highest BCUT2D eigenvalue weighted by Gasteiger charge is 2.39. The lowest BCUT2D eigenvalue weighted by Crippen LogP contribution is -2.59. The number of imide groups is 1. The molecule has 1 fully saturated rings. The van der Waals surface area contributed by atoms with Gasteiger partial charge in [-0.1, -0.05) is 23.9 Å². The van der Waals surface area contributed by atoms with E-state index in [2.05, 4.69) is 27.4 Å². The van der Waals surface area contributed by atoms with Gasteiger partial charge in [-0.05, 0) is 44.0 Å². The van der Waals surface area contributed by atoms with Crippen LogP contribution < -0.4 is 10.6 Å². The van der Waals surface area contributed by atoms with E-state index in [1.165, 1.54) is 6.08 Å². The number of rotatable bonds is 8. The van der Waals surface area contributed by atoms with E-state index < -0.39 is 11.9 Å². The summed E-state index contributed by atoms with van der Waals surface area (Å²) in [6.45, 7) is 9.46. The third kappa shape index (κ3) is 5.52. The van der Waals surface area contributed by atoms with Gasteiger partial charge in [0.1, 0.15) is 0 Å². The Kier molecular flexibility index (Phi) is 7.11. The van der Waals surface area contributed by atoms with Gasteiger partial charge in [-0.3, -0.25) is 14.5 Å². The molecule has 10 heteroatoms. The fourth-order valence-corrected chi connectivity index (χ4v) is 3.74. The highest BCUT2D eigenvalue weighted by atomic mass is 32.2. The molecule has 1 aliphatic heterocycles. The lowest BCUT2D eigenvalue weighted by molar-refractivity contribution is -0.134. The molecule has 0 bridgehead atoms. The maximum atomic E-state index is 12.7. The van der Waals surface area contributed by atoms with Crippen LogP contribution in [0.3, 0.4) is 0 Å². The number of hydrogen-bond acceptors (Lipinski definition) is 7. The minimum absolute atomic E-state index is 0.108. The molecule has 4 amide bonds. The van der Waals surface area contributed by atoms with Crippen LogP contribution in [-0.2, 0) is 16.0 Å². The summed E-state index contributed by atoms with van der Waals surface area (Å²) >= 11 is 1.12. The van der Waals surface area contributed by atoms with E-state index in [0.717, 1.165) is 33.5 Å². The molecule has 164 valence electrons. The van der Waals surface area contributed by atoms with E-state index >= 15 is 0 Å². The van der Waals surface area contributed by atoms with Crippen molar-refractivity contribution in [3.63, 3.8) is 0 Å². The molecule has 0 spiro atoms. The first-order valence-electron chi connectivity index (χ1n) is 9.83. The zero-order valence-corrected chi connectivity index (χ0v) is 18.5. The number of hydrogen-bond donors (Lipinski definition) is 2. The van der Waals surface area contributed by atoms with Crippen molar-refractivity contribution < 1.29 is 18.8 Å². The number of benzene rings is 1. The summed E-state index contributed by atoms with van der Waals surface area (Å²) in [6.07, 6.45) is 1.69. The summed E-state index contributed by atoms with van der Waals surface area (Å²) in [5.41, 5.74) is 2.99. The van der Waals surface area contributed by atoms with Gasteiger partial charge in [0.15, 0.2) is 0 Å². The Labute approximate surface area is 184 Å². The Bertz CT molecular complexity index is 1010. The van der Waals surface area contributed by atoms with Gasteiger partial charge in [-0.25, -0.2) is 4.79 Å². The van der Waals surface area contributed by atoms with Crippen molar-refractivity contribution in [3.05, 3.63) is 47.9 Å². The van der Waals surface area contributed by atoms with Crippen LogP contribution in [0.4, 0.5) is 10.5 Å². The van der Waals surface area contributed by atoms with E-state index in [9.17, 15) is 14.4 Å². The summed E-state index contributed by atoms with van der Waals surface area (Å²) in [7, 11) is 0. The molecule has 3 rings (SSSR count). The number of nitrogens with one attached hydrogen (secondary N) is 2. The normalized spacial score (nSPS) is 18.6. The molecule has 0 saturated carbocycles. The molecule has 2 heterocycles. The largest absolute Gasteiger partial charge is 0.416 e. The van der Waals surface area contributed by atoms with Gasteiger partial charge < -0.3 is 15.1 Å². The van der Waals surface area contributed by atoms with Crippen LogP contribution in [0.2, 0.25) is 0 Å². The average Bonchev–Trinajstić information content (AvgIpc) is 3.17. The molecule has 2 unspecified atom stereocenters. The van der Waals surface area contributed by atoms with Crippen LogP contribution in [0.15, 0.2) is 40.5 Å². The minimum atomic E-state index is -0.524. The van der Waals surface area contributed by atoms with Crippen LogP contribution in [0, 0.1) is 19.8 Å². The number of carbonyl (C=O) groups is 3. The fraction of sp³-hybridized carbons (Fsp3) is 0.381. The predicted molar refractivity (Wildman–Crippen MR) is 117 cm³/mol. The highest BCUT2D eigenvalue weighted by molar-refractivity contribution is 7.99. The monoisotopic (exact) mass is 443 g/mol. The Morgan fingerprint density at radius 2 is 2.10 bits per heavy atom. The zero-order valence-electron chi connectivity index (χ0n) is 17.7. The molecule has 1 aromatic carbocycles. The molecule has 1 aliphatic rings. The summed E-state index contributed by atoms with van der Waals surface area (Å²) in [6, 6.07) is 4.92. The minimum Gasteiger partial charge on any atom is -0.416 e. The number of urea groups is 1. The van der Waals surface area contributed by atoms with Gasteiger partial charge in [0, 0.05) is 24.7 Å². The van der Waals surface area contributed by atoms with E-state index in [1.54, 1.807) is 6.92 Å². The second kappa shape index (κ2) is 9.78. The van der Waals surface area contributed by atoms with Crippen molar-refractivity contribution >= 4 is 35.3 Å². The van der Waals surface area contributed by atoms with Crippen molar-refractivity contribution in [2.24, 2.45) is 5.92 Å². The van der Waals surface area contributed by atoms with Crippen molar-refractivity contribution in [1.82, 2.24) is 20.4 Å². The van der Waals surface area contributed by atoms with Crippen LogP contribution >= 0.6 is 11.8 Å². The highest BCUT2D eigenvalue weighted by Crippen LogP contribution is 2.23. The molecule has 9 nitrogen and oxygen atoms in total. The van der Waals surface area contributed by atoms with Gasteiger partial charge in [-0.2, -0.15) is 0 Å². The number of nitrogens with zero attached hydrogens (tertiary/aromatic N) is 3. The summed E-state index contributed by atoms with van der Waals surface area (Å²) < 4.78 is 5.60. The van der Waals surface area contributed by atoms with Gasteiger partial charge >= 0.3 is 6.03 Å². The SMILES string of the molecule is C=CCN1C(=O)NC(C)C(Cc2nnc(SCC(=O)Nc3ccc(C)c(C)c3)o2)C1=O. The first-order chi connectivity index (χ1) is 14.8. The fourth-order valence-electron chi connectivity index (χ4n) is 3.16. The summed E-state index contributed by atoms with van der Waals surface area (Å²) in [5, 5.41) is 13.8. The number of amides is 4. The summed E-state index contributed by atoms with van der Waals surface area (Å²) in [4.78, 5) is 37.9. The topological polar surface area (TPSA) is 117 Å². The number of thioether (sulfide) groups is 1. The third-order valence-electron chi connectivity index (χ3n) is 5.05. The van der Waals surface area contributed by atoms with Gasteiger partial charge in [-0.15, -0.1) is 16.8 Å². The Balaban J connectivity index is 1.55. The van der Waals surface area contributed by atoms with E-state index in [-0.39, 0.29) is 47.7 Å². The van der Waals surface area contributed by atoms with Crippen molar-refractivity contribution in [2.75, 3.05) is 17.6 Å². The van der Waals surface area contributed by atoms with Gasteiger partial charge in [0.25, 0.3) is 5.22 Å². The quantitative estimate of drug-likeness (QED) is 0.476. The molecule has 1 aromatic heterocycles. The Morgan fingerprint density at radius 1 is 1.32 bits per heavy atom. The van der Waals surface area contributed by atoms with E-state index in [4.69, 9.17) is 4.42 Å². The molecule has 0 aliphatic carbocycles. The maximum Gasteiger partial charge on any atom is 0.324 e. The lowest BCUT2D eigenvalue weighted by Gasteiger charge is -2.34. The van der Waals surface area contributed by atoms with Crippen molar-refractivity contribution in [2.45, 2.75) is 38.5 Å². The Morgan fingerprint density at radius 3 is 2.81 bits per heavy atom. The lowest BCUT2D eigenvalue weighted by atomic mass is 9.93. The molecule has 2 aromatic rings. The second-order valence-electron chi connectivity index (χ2n) is 7.38. The third-order valence-corrected chi connectivity index (χ3v) is 5.87. The number of aryl methyl sites for hydroxylation is 2. The zero-order chi connectivity index (χ0) is 22.5. The first-order valence-corrected chi connectivity index (χ1v) is 10.8. The van der Waals surface area contributed by atoms with Crippen LogP contribution in [0.25, 0.3) is 0 Å². The molecule has 0 radical (unpaired) electrons. The standard InChI is InChI=1S/C21H25N5O4S/c1-5-8-26-19(28)16(14(4)22-20(26)29)10-18-24-25-21(30-18)31-11-17(27)23-15-7-6-12(2)13(3)9-15/h5-7,9,14,16H,1,8,10-11H2,2-4H3,(H,22,29)(H,23,27). The number of carbonyl (C=O) groups excluding carboxylic acids is 3. The smallest absolute Gasteiger partial charge is 0.324 e. The van der Waals surface area contributed by atoms with Crippen molar-refractivity contribution in [1.29, 1.82) is 0 Å². The van der Waals surface area contributed by atoms with Gasteiger partial charge in [0.2, 0.25) is 17.7 Å². The molecular formula is C21H25N5O4S. The van der Waals surface area contributed by atoms with Crippen LogP contribution in [0.1, 0.15) is 23.9 Å². The summed E-state index contributed by atoms with van der Waals surface area (Å²) in [5.74, 6) is -0.639. The average molecular weight is 444 g/mol. The number of aromatic nitrogens is 2. The van der Waals surface area contributed by atoms with Crippen LogP contribution in [0.5, 0.6) is 0 Å². The predicted octanol–water partition coefficient (Wildman–Crippen LogP) is 2.70. The van der Waals surface area contributed by atoms with E-state index in [0.29, 0.717) is 0 Å². The molecule has 31 heavy (non-hydrogen) atoms. The number of anilines is 1. The second-order valence-corrected chi connectivity index (χ2v) is 8.31. The molecular weight excluding hydrogens is 418 g/mol. The maximum absolute atomic E-state index is 12.7. The molecule has 2 atom stereocenters. The molecule has 1 saturated heterocycles. The first kappa shape index (κ1) is 22.5. The van der Waals surface area contributed by atoms with Crippen LogP contribution in [-0.4, -0.2) is 51.3 Å². The van der Waals surface area contributed by atoms with E-state index in [1.807, 2.05) is 32.0 Å². The molecule has 2 N–H and O–H groups in total. The Hall–Kier alpha value is -3.14. The van der Waals surface area contributed by atoms with Gasteiger partial charge in [0.05, 0.1) is 11.7 Å².